The summed E-state index contributed by atoms with van der Waals surface area (Å²) in [7, 11) is 0. The second-order valence-electron chi connectivity index (χ2n) is 3.79. The van der Waals surface area contributed by atoms with Gasteiger partial charge in [0.2, 0.25) is 0 Å². The number of nitrogens with zero attached hydrogens (tertiary/aromatic N) is 1. The number of amides is 1. The second-order valence-corrected chi connectivity index (χ2v) is 5.41. The molecular weight excluding hydrogens is 336 g/mol. The molecule has 0 unspecified atom stereocenters. The van der Waals surface area contributed by atoms with Gasteiger partial charge in [0.15, 0.2) is 0 Å². The van der Waals surface area contributed by atoms with E-state index >= 15 is 0 Å². The average Bonchev–Trinajstić information content (AvgIpc) is 2.25. The van der Waals surface area contributed by atoms with Gasteiger partial charge < -0.3 is 4.90 Å². The maximum absolute atomic E-state index is 12.2. The van der Waals surface area contributed by atoms with Crippen LogP contribution in [0.1, 0.15) is 24.2 Å². The second kappa shape index (κ2) is 6.45. The van der Waals surface area contributed by atoms with Crippen LogP contribution >= 0.6 is 34.2 Å². The summed E-state index contributed by atoms with van der Waals surface area (Å²) < 4.78 is 1.13. The first kappa shape index (κ1) is 13.8. The summed E-state index contributed by atoms with van der Waals surface area (Å²) in [4.78, 5) is 13.9. The maximum Gasteiger partial charge on any atom is 0.254 e. The molecule has 88 valence electrons. The van der Waals surface area contributed by atoms with E-state index in [1.807, 2.05) is 38.1 Å². The molecule has 1 aromatic carbocycles. The van der Waals surface area contributed by atoms with E-state index in [9.17, 15) is 4.79 Å². The summed E-state index contributed by atoms with van der Waals surface area (Å²) in [6.07, 6.45) is 0. The van der Waals surface area contributed by atoms with E-state index in [-0.39, 0.29) is 11.9 Å². The Morgan fingerprint density at radius 1 is 1.38 bits per heavy atom. The van der Waals surface area contributed by atoms with E-state index in [2.05, 4.69) is 22.6 Å². The normalized spacial score (nSPS) is 10.6. The molecule has 0 aromatic heterocycles. The van der Waals surface area contributed by atoms with Gasteiger partial charge in [-0.05, 0) is 60.7 Å². The Hall–Kier alpha value is -0.290. The Balaban J connectivity index is 2.86. The van der Waals surface area contributed by atoms with E-state index in [0.717, 1.165) is 9.13 Å². The molecule has 0 spiro atoms. The Morgan fingerprint density at radius 3 is 2.38 bits per heavy atom. The molecule has 0 heterocycles. The van der Waals surface area contributed by atoms with E-state index < -0.39 is 0 Å². The molecule has 4 heteroatoms. The standard InChI is InChI=1S/C12H15ClINO/c1-9(2)15(8-7-13)12(16)10-3-5-11(14)6-4-10/h3-6,9H,7-8H2,1-2H3. The van der Waals surface area contributed by atoms with Gasteiger partial charge in [-0.25, -0.2) is 0 Å². The summed E-state index contributed by atoms with van der Waals surface area (Å²) in [5.41, 5.74) is 0.722. The molecule has 0 fully saturated rings. The lowest BCUT2D eigenvalue weighted by Crippen LogP contribution is -2.38. The van der Waals surface area contributed by atoms with Crippen molar-refractivity contribution in [2.24, 2.45) is 0 Å². The van der Waals surface area contributed by atoms with Crippen molar-refractivity contribution in [2.45, 2.75) is 19.9 Å². The Morgan fingerprint density at radius 2 is 1.94 bits per heavy atom. The molecule has 0 N–H and O–H groups in total. The molecule has 0 atom stereocenters. The lowest BCUT2D eigenvalue weighted by molar-refractivity contribution is 0.0718. The Bertz CT molecular complexity index is 351. The summed E-state index contributed by atoms with van der Waals surface area (Å²) >= 11 is 7.92. The van der Waals surface area contributed by atoms with Crippen molar-refractivity contribution in [3.63, 3.8) is 0 Å². The molecule has 1 aromatic rings. The van der Waals surface area contributed by atoms with Gasteiger partial charge in [0.25, 0.3) is 5.91 Å². The zero-order valence-electron chi connectivity index (χ0n) is 9.41. The number of benzene rings is 1. The van der Waals surface area contributed by atoms with Crippen LogP contribution in [0, 0.1) is 3.57 Å². The van der Waals surface area contributed by atoms with Crippen molar-refractivity contribution in [2.75, 3.05) is 12.4 Å². The van der Waals surface area contributed by atoms with Gasteiger partial charge in [-0.2, -0.15) is 0 Å². The highest BCUT2D eigenvalue weighted by atomic mass is 127. The highest BCUT2D eigenvalue weighted by molar-refractivity contribution is 14.1. The van der Waals surface area contributed by atoms with E-state index in [0.29, 0.717) is 12.4 Å². The molecule has 0 saturated heterocycles. The third kappa shape index (κ3) is 3.63. The lowest BCUT2D eigenvalue weighted by Gasteiger charge is -2.25. The Labute approximate surface area is 115 Å². The van der Waals surface area contributed by atoms with Crippen LogP contribution < -0.4 is 0 Å². The summed E-state index contributed by atoms with van der Waals surface area (Å²) in [6, 6.07) is 7.76. The average molecular weight is 352 g/mol. The van der Waals surface area contributed by atoms with Crippen molar-refractivity contribution >= 4 is 40.1 Å². The number of hydrogen-bond donors (Lipinski definition) is 0. The van der Waals surface area contributed by atoms with Gasteiger partial charge in [-0.1, -0.05) is 0 Å². The van der Waals surface area contributed by atoms with E-state index in [4.69, 9.17) is 11.6 Å². The van der Waals surface area contributed by atoms with Crippen LogP contribution in [0.5, 0.6) is 0 Å². The van der Waals surface area contributed by atoms with Gasteiger partial charge >= 0.3 is 0 Å². The van der Waals surface area contributed by atoms with Crippen molar-refractivity contribution in [3.05, 3.63) is 33.4 Å². The molecule has 0 aliphatic heterocycles. The van der Waals surface area contributed by atoms with Gasteiger partial charge in [0, 0.05) is 27.6 Å². The van der Waals surface area contributed by atoms with Crippen LogP contribution in [-0.4, -0.2) is 29.3 Å². The zero-order valence-corrected chi connectivity index (χ0v) is 12.3. The minimum atomic E-state index is 0.0482. The van der Waals surface area contributed by atoms with Crippen LogP contribution in [0.2, 0.25) is 0 Å². The van der Waals surface area contributed by atoms with Gasteiger partial charge in [0.1, 0.15) is 0 Å². The third-order valence-corrected chi connectivity index (χ3v) is 3.19. The van der Waals surface area contributed by atoms with Crippen LogP contribution in [0.25, 0.3) is 0 Å². The summed E-state index contributed by atoms with van der Waals surface area (Å²) in [5.74, 6) is 0.515. The molecule has 16 heavy (non-hydrogen) atoms. The summed E-state index contributed by atoms with van der Waals surface area (Å²) in [6.45, 7) is 4.58. The van der Waals surface area contributed by atoms with E-state index in [1.165, 1.54) is 0 Å². The maximum atomic E-state index is 12.2. The monoisotopic (exact) mass is 351 g/mol. The number of alkyl halides is 1. The fraction of sp³-hybridized carbons (Fsp3) is 0.417. The molecule has 2 nitrogen and oxygen atoms in total. The van der Waals surface area contributed by atoms with Crippen molar-refractivity contribution < 1.29 is 4.79 Å². The fourth-order valence-electron chi connectivity index (χ4n) is 1.44. The topological polar surface area (TPSA) is 20.3 Å². The van der Waals surface area contributed by atoms with E-state index in [1.54, 1.807) is 4.90 Å². The van der Waals surface area contributed by atoms with Crippen molar-refractivity contribution in [1.29, 1.82) is 0 Å². The van der Waals surface area contributed by atoms with Gasteiger partial charge in [-0.15, -0.1) is 11.6 Å². The smallest absolute Gasteiger partial charge is 0.254 e. The number of carbonyl (C=O) groups excluding carboxylic acids is 1. The minimum Gasteiger partial charge on any atom is -0.335 e. The molecule has 0 saturated carbocycles. The molecule has 0 aliphatic rings. The number of rotatable bonds is 4. The number of halogens is 2. The summed E-state index contributed by atoms with van der Waals surface area (Å²) in [5, 5.41) is 0. The lowest BCUT2D eigenvalue weighted by atomic mass is 10.2. The highest BCUT2D eigenvalue weighted by Crippen LogP contribution is 2.11. The molecule has 1 amide bonds. The first-order valence-corrected chi connectivity index (χ1v) is 6.80. The fourth-order valence-corrected chi connectivity index (χ4v) is 1.99. The predicted molar refractivity (Wildman–Crippen MR) is 76.1 cm³/mol. The highest BCUT2D eigenvalue weighted by Gasteiger charge is 2.17. The Kier molecular flexibility index (Phi) is 5.55. The number of carbonyl (C=O) groups is 1. The quantitative estimate of drug-likeness (QED) is 0.601. The molecular formula is C12H15ClINO. The van der Waals surface area contributed by atoms with Gasteiger partial charge in [-0.3, -0.25) is 4.79 Å². The largest absolute Gasteiger partial charge is 0.335 e. The zero-order chi connectivity index (χ0) is 12.1. The third-order valence-electron chi connectivity index (χ3n) is 2.30. The van der Waals surface area contributed by atoms with Gasteiger partial charge in [0.05, 0.1) is 0 Å². The van der Waals surface area contributed by atoms with Crippen LogP contribution in [0.3, 0.4) is 0 Å². The first-order chi connectivity index (χ1) is 7.56. The molecule has 0 radical (unpaired) electrons. The molecule has 0 bridgehead atoms. The SMILES string of the molecule is CC(C)N(CCCl)C(=O)c1ccc(I)cc1. The van der Waals surface area contributed by atoms with Crippen LogP contribution in [-0.2, 0) is 0 Å². The van der Waals surface area contributed by atoms with Crippen LogP contribution in [0.15, 0.2) is 24.3 Å². The minimum absolute atomic E-state index is 0.0482. The van der Waals surface area contributed by atoms with Crippen molar-refractivity contribution in [1.82, 2.24) is 4.90 Å². The van der Waals surface area contributed by atoms with Crippen molar-refractivity contribution in [3.8, 4) is 0 Å². The molecule has 0 aliphatic carbocycles. The number of hydrogen-bond acceptors (Lipinski definition) is 1. The first-order valence-electron chi connectivity index (χ1n) is 5.18. The van der Waals surface area contributed by atoms with Crippen LogP contribution in [0.4, 0.5) is 0 Å². The predicted octanol–water partition coefficient (Wildman–Crippen LogP) is 3.38. The molecule has 1 rings (SSSR count).